The van der Waals surface area contributed by atoms with Gasteiger partial charge in [-0.1, -0.05) is 18.6 Å². The minimum atomic E-state index is -0.348. The van der Waals surface area contributed by atoms with Crippen molar-refractivity contribution in [3.8, 4) is 0 Å². The predicted molar refractivity (Wildman–Crippen MR) is 107 cm³/mol. The van der Waals surface area contributed by atoms with Gasteiger partial charge in [0, 0.05) is 42.0 Å². The van der Waals surface area contributed by atoms with Gasteiger partial charge in [0.25, 0.3) is 0 Å². The molecule has 0 spiro atoms. The maximum atomic E-state index is 12.1. The summed E-state index contributed by atoms with van der Waals surface area (Å²) in [6, 6.07) is 3.08. The second kappa shape index (κ2) is 8.13. The van der Waals surface area contributed by atoms with Crippen LogP contribution < -0.4 is 16.0 Å². The molecule has 2 heterocycles. The van der Waals surface area contributed by atoms with E-state index < -0.39 is 0 Å². The summed E-state index contributed by atoms with van der Waals surface area (Å²) in [7, 11) is 0. The number of nitrogens with one attached hydrogen (secondary N) is 3. The van der Waals surface area contributed by atoms with E-state index in [4.69, 9.17) is 0 Å². The Morgan fingerprint density at radius 3 is 2.56 bits per heavy atom. The highest BCUT2D eigenvalue weighted by atomic mass is 32.1. The lowest BCUT2D eigenvalue weighted by Gasteiger charge is -2.26. The number of rotatable bonds is 4. The van der Waals surface area contributed by atoms with Gasteiger partial charge in [0.15, 0.2) is 5.13 Å². The van der Waals surface area contributed by atoms with E-state index in [0.717, 1.165) is 17.0 Å². The second-order valence-corrected chi connectivity index (χ2v) is 7.28. The van der Waals surface area contributed by atoms with Crippen molar-refractivity contribution in [1.82, 2.24) is 15.3 Å². The maximum absolute atomic E-state index is 12.1. The molecule has 3 amide bonds. The lowest BCUT2D eigenvalue weighted by molar-refractivity contribution is -0.118. The Labute approximate surface area is 161 Å². The van der Waals surface area contributed by atoms with Gasteiger partial charge in [-0.2, -0.15) is 0 Å². The van der Waals surface area contributed by atoms with Gasteiger partial charge < -0.3 is 10.6 Å². The highest BCUT2D eigenvalue weighted by molar-refractivity contribution is 7.14. The van der Waals surface area contributed by atoms with Crippen molar-refractivity contribution in [2.45, 2.75) is 26.7 Å². The molecule has 2 aromatic rings. The first-order valence-corrected chi connectivity index (χ1v) is 9.41. The van der Waals surface area contributed by atoms with Crippen LogP contribution in [-0.2, 0) is 4.79 Å². The first-order chi connectivity index (χ1) is 12.9. The van der Waals surface area contributed by atoms with Crippen molar-refractivity contribution in [2.24, 2.45) is 5.92 Å². The SMILES string of the molecule is CC(=O)NC1=CC(C)C(c2csc(NC(=O)Nc3ccncc3)n2)C(C)=C1. The highest BCUT2D eigenvalue weighted by Gasteiger charge is 2.26. The number of thiazole rings is 1. The molecule has 2 unspecified atom stereocenters. The summed E-state index contributed by atoms with van der Waals surface area (Å²) in [5.41, 5.74) is 3.49. The minimum absolute atomic E-state index is 0.0868. The van der Waals surface area contributed by atoms with Crippen LogP contribution in [0, 0.1) is 5.92 Å². The summed E-state index contributed by atoms with van der Waals surface area (Å²) in [6.45, 7) is 5.61. The van der Waals surface area contributed by atoms with E-state index in [1.165, 1.54) is 18.3 Å². The number of hydrogen-bond donors (Lipinski definition) is 3. The topological polar surface area (TPSA) is 96.0 Å². The Morgan fingerprint density at radius 2 is 1.89 bits per heavy atom. The standard InChI is InChI=1S/C19H21N5O2S/c1-11-8-15(21-13(3)25)9-12(2)17(11)16-10-27-19(23-16)24-18(26)22-14-4-6-20-7-5-14/h4-11,17H,1-3H3,(H,21,25)(H2,20,22,23,24,26). The first-order valence-electron chi connectivity index (χ1n) is 8.53. The van der Waals surface area contributed by atoms with Gasteiger partial charge in [-0.05, 0) is 31.1 Å². The van der Waals surface area contributed by atoms with Crippen LogP contribution in [0.25, 0.3) is 0 Å². The Balaban J connectivity index is 1.67. The Morgan fingerprint density at radius 1 is 1.15 bits per heavy atom. The number of carbonyl (C=O) groups is 2. The number of urea groups is 1. The normalized spacial score (nSPS) is 18.9. The largest absolute Gasteiger partial charge is 0.327 e. The second-order valence-electron chi connectivity index (χ2n) is 6.42. The number of pyridine rings is 1. The monoisotopic (exact) mass is 383 g/mol. The van der Waals surface area contributed by atoms with Crippen LogP contribution in [0.2, 0.25) is 0 Å². The molecule has 0 bridgehead atoms. The van der Waals surface area contributed by atoms with E-state index in [-0.39, 0.29) is 23.8 Å². The van der Waals surface area contributed by atoms with Gasteiger partial charge in [0.2, 0.25) is 5.91 Å². The molecular formula is C19H21N5O2S. The fourth-order valence-corrected chi connectivity index (χ4v) is 3.88. The third-order valence-corrected chi connectivity index (χ3v) is 4.94. The van der Waals surface area contributed by atoms with Crippen molar-refractivity contribution in [1.29, 1.82) is 0 Å². The molecule has 0 saturated carbocycles. The summed E-state index contributed by atoms with van der Waals surface area (Å²) in [5.74, 6) is 0.200. The molecule has 0 radical (unpaired) electrons. The van der Waals surface area contributed by atoms with E-state index >= 15 is 0 Å². The molecule has 3 N–H and O–H groups in total. The molecule has 0 aromatic carbocycles. The number of amides is 3. The van der Waals surface area contributed by atoms with Gasteiger partial charge in [0.05, 0.1) is 5.69 Å². The average Bonchev–Trinajstić information content (AvgIpc) is 3.02. The van der Waals surface area contributed by atoms with Crippen LogP contribution in [0.4, 0.5) is 15.6 Å². The molecule has 1 aliphatic rings. The molecule has 0 aliphatic heterocycles. The Bertz CT molecular complexity index is 904. The minimum Gasteiger partial charge on any atom is -0.327 e. The highest BCUT2D eigenvalue weighted by Crippen LogP contribution is 2.37. The molecule has 7 nitrogen and oxygen atoms in total. The van der Waals surface area contributed by atoms with E-state index in [1.54, 1.807) is 24.5 Å². The number of nitrogens with zero attached hydrogens (tertiary/aromatic N) is 2. The lowest BCUT2D eigenvalue weighted by atomic mass is 9.81. The molecule has 140 valence electrons. The summed E-state index contributed by atoms with van der Waals surface area (Å²) in [5, 5.41) is 10.8. The van der Waals surface area contributed by atoms with E-state index in [0.29, 0.717) is 10.8 Å². The van der Waals surface area contributed by atoms with Crippen molar-refractivity contribution in [2.75, 3.05) is 10.6 Å². The summed E-state index contributed by atoms with van der Waals surface area (Å²) in [4.78, 5) is 31.9. The van der Waals surface area contributed by atoms with Crippen molar-refractivity contribution < 1.29 is 9.59 Å². The fraction of sp³-hybridized carbons (Fsp3) is 0.263. The maximum Gasteiger partial charge on any atom is 0.325 e. The van der Waals surface area contributed by atoms with Gasteiger partial charge in [0.1, 0.15) is 0 Å². The Hall–Kier alpha value is -3.00. The fourth-order valence-electron chi connectivity index (χ4n) is 3.14. The summed E-state index contributed by atoms with van der Waals surface area (Å²) < 4.78 is 0. The van der Waals surface area contributed by atoms with Crippen LogP contribution >= 0.6 is 11.3 Å². The van der Waals surface area contributed by atoms with Gasteiger partial charge in [-0.25, -0.2) is 9.78 Å². The van der Waals surface area contributed by atoms with E-state index in [2.05, 4.69) is 32.8 Å². The molecule has 1 aliphatic carbocycles. The summed E-state index contributed by atoms with van der Waals surface area (Å²) >= 11 is 1.38. The summed E-state index contributed by atoms with van der Waals surface area (Å²) in [6.07, 6.45) is 7.22. The smallest absolute Gasteiger partial charge is 0.325 e. The Kier molecular flexibility index (Phi) is 5.66. The van der Waals surface area contributed by atoms with Gasteiger partial charge in [-0.3, -0.25) is 15.1 Å². The third kappa shape index (κ3) is 4.79. The lowest BCUT2D eigenvalue weighted by Crippen LogP contribution is -2.23. The zero-order chi connectivity index (χ0) is 19.4. The number of aromatic nitrogens is 2. The molecule has 3 rings (SSSR count). The average molecular weight is 383 g/mol. The number of allylic oxidation sites excluding steroid dienone is 3. The van der Waals surface area contributed by atoms with Crippen LogP contribution in [0.1, 0.15) is 32.4 Å². The molecule has 8 heteroatoms. The predicted octanol–water partition coefficient (Wildman–Crippen LogP) is 3.88. The molecule has 0 saturated heterocycles. The zero-order valence-electron chi connectivity index (χ0n) is 15.3. The molecule has 2 aromatic heterocycles. The first kappa shape index (κ1) is 18.8. The zero-order valence-corrected chi connectivity index (χ0v) is 16.1. The number of anilines is 2. The molecule has 27 heavy (non-hydrogen) atoms. The quantitative estimate of drug-likeness (QED) is 0.746. The van der Waals surface area contributed by atoms with E-state index in [1.807, 2.05) is 24.5 Å². The van der Waals surface area contributed by atoms with Crippen molar-refractivity contribution in [3.05, 3.63) is 59.0 Å². The van der Waals surface area contributed by atoms with Gasteiger partial charge >= 0.3 is 6.03 Å². The number of hydrogen-bond acceptors (Lipinski definition) is 5. The third-order valence-electron chi connectivity index (χ3n) is 4.16. The van der Waals surface area contributed by atoms with Crippen molar-refractivity contribution in [3.63, 3.8) is 0 Å². The number of carbonyl (C=O) groups excluding carboxylic acids is 2. The van der Waals surface area contributed by atoms with Crippen molar-refractivity contribution >= 4 is 34.1 Å². The molecular weight excluding hydrogens is 362 g/mol. The van der Waals surface area contributed by atoms with Crippen LogP contribution in [0.15, 0.2) is 53.3 Å². The van der Waals surface area contributed by atoms with Gasteiger partial charge in [-0.15, -0.1) is 11.3 Å². The van der Waals surface area contributed by atoms with Crippen LogP contribution in [-0.4, -0.2) is 21.9 Å². The molecule has 2 atom stereocenters. The molecule has 0 fully saturated rings. The van der Waals surface area contributed by atoms with Crippen LogP contribution in [0.3, 0.4) is 0 Å². The van der Waals surface area contributed by atoms with Crippen LogP contribution in [0.5, 0.6) is 0 Å². The van der Waals surface area contributed by atoms with E-state index in [9.17, 15) is 9.59 Å².